The summed E-state index contributed by atoms with van der Waals surface area (Å²) < 4.78 is 32.8. The normalized spacial score (nSPS) is 21.8. The molecule has 1 amide bonds. The summed E-state index contributed by atoms with van der Waals surface area (Å²) in [5.74, 6) is 0.254. The van der Waals surface area contributed by atoms with E-state index in [-0.39, 0.29) is 10.8 Å². The summed E-state index contributed by atoms with van der Waals surface area (Å²) in [6, 6.07) is 3.37. The molecule has 3 aliphatic rings. The van der Waals surface area contributed by atoms with Crippen molar-refractivity contribution in [1.82, 2.24) is 14.9 Å². The number of hydrogen-bond acceptors (Lipinski definition) is 5. The number of nitrogens with zero attached hydrogens (tertiary/aromatic N) is 1. The van der Waals surface area contributed by atoms with Crippen molar-refractivity contribution in [2.24, 2.45) is 0 Å². The minimum atomic E-state index is -3.64. The van der Waals surface area contributed by atoms with Crippen LogP contribution in [0.1, 0.15) is 60.9 Å². The van der Waals surface area contributed by atoms with Crippen molar-refractivity contribution in [3.05, 3.63) is 34.9 Å². The third-order valence-corrected chi connectivity index (χ3v) is 7.98. The molecular formula is C23H33N3O4S. The fourth-order valence-corrected chi connectivity index (χ4v) is 5.65. The van der Waals surface area contributed by atoms with Gasteiger partial charge in [0.25, 0.3) is 5.91 Å². The molecule has 2 aliphatic heterocycles. The van der Waals surface area contributed by atoms with E-state index >= 15 is 0 Å². The van der Waals surface area contributed by atoms with Crippen LogP contribution in [0.15, 0.2) is 28.7 Å². The molecule has 1 aromatic carbocycles. The van der Waals surface area contributed by atoms with E-state index in [9.17, 15) is 13.2 Å². The van der Waals surface area contributed by atoms with Crippen LogP contribution in [0, 0.1) is 0 Å². The van der Waals surface area contributed by atoms with Gasteiger partial charge in [-0.2, -0.15) is 0 Å². The summed E-state index contributed by atoms with van der Waals surface area (Å²) in [5.41, 5.74) is 2.61. The second kappa shape index (κ2) is 9.71. The minimum absolute atomic E-state index is 0.108. The summed E-state index contributed by atoms with van der Waals surface area (Å²) in [6.07, 6.45) is 11.0. The van der Waals surface area contributed by atoms with Crippen LogP contribution in [0.3, 0.4) is 0 Å². The highest BCUT2D eigenvalue weighted by Crippen LogP contribution is 2.32. The molecule has 1 fully saturated rings. The van der Waals surface area contributed by atoms with Crippen molar-refractivity contribution in [1.29, 1.82) is 0 Å². The molecule has 7 nitrogen and oxygen atoms in total. The van der Waals surface area contributed by atoms with Crippen LogP contribution in [-0.4, -0.2) is 58.6 Å². The molecule has 0 aromatic heterocycles. The third kappa shape index (κ3) is 5.13. The van der Waals surface area contributed by atoms with E-state index in [1.165, 1.54) is 44.4 Å². The molecule has 0 spiro atoms. The zero-order valence-electron chi connectivity index (χ0n) is 18.3. The number of ether oxygens (including phenoxy) is 1. The van der Waals surface area contributed by atoms with E-state index in [2.05, 4.69) is 21.0 Å². The molecule has 1 aromatic rings. The molecule has 170 valence electrons. The van der Waals surface area contributed by atoms with Crippen LogP contribution in [0.25, 0.3) is 0 Å². The van der Waals surface area contributed by atoms with E-state index in [0.29, 0.717) is 36.9 Å². The Labute approximate surface area is 185 Å². The van der Waals surface area contributed by atoms with Crippen LogP contribution in [-0.2, 0) is 16.4 Å². The van der Waals surface area contributed by atoms with Crippen molar-refractivity contribution in [3.63, 3.8) is 0 Å². The first-order chi connectivity index (χ1) is 15.0. The van der Waals surface area contributed by atoms with Gasteiger partial charge in [-0.3, -0.25) is 9.69 Å². The molecule has 0 radical (unpaired) electrons. The lowest BCUT2D eigenvalue weighted by Gasteiger charge is -2.27. The second-order valence-electron chi connectivity index (χ2n) is 8.70. The van der Waals surface area contributed by atoms with Crippen LogP contribution in [0.5, 0.6) is 5.75 Å². The highest BCUT2D eigenvalue weighted by atomic mass is 32.2. The van der Waals surface area contributed by atoms with Gasteiger partial charge in [0, 0.05) is 19.1 Å². The third-order valence-electron chi connectivity index (χ3n) is 6.59. The van der Waals surface area contributed by atoms with Gasteiger partial charge in [-0.1, -0.05) is 11.6 Å². The molecule has 1 aliphatic carbocycles. The van der Waals surface area contributed by atoms with Crippen LogP contribution in [0.4, 0.5) is 0 Å². The van der Waals surface area contributed by atoms with Gasteiger partial charge in [0.05, 0.1) is 17.1 Å². The maximum atomic E-state index is 13.1. The predicted molar refractivity (Wildman–Crippen MR) is 120 cm³/mol. The van der Waals surface area contributed by atoms with Gasteiger partial charge in [0.15, 0.2) is 0 Å². The summed E-state index contributed by atoms with van der Waals surface area (Å²) in [7, 11) is -2.27. The highest BCUT2D eigenvalue weighted by Gasteiger charge is 2.28. The Bertz CT molecular complexity index is 958. The van der Waals surface area contributed by atoms with Crippen molar-refractivity contribution >= 4 is 15.9 Å². The maximum Gasteiger partial charge on any atom is 0.255 e. The Balaban J connectivity index is 1.48. The smallest absolute Gasteiger partial charge is 0.255 e. The molecule has 1 atom stereocenters. The minimum Gasteiger partial charge on any atom is -0.492 e. The van der Waals surface area contributed by atoms with Crippen molar-refractivity contribution in [2.45, 2.75) is 62.3 Å². The largest absolute Gasteiger partial charge is 0.492 e. The molecular weight excluding hydrogens is 414 g/mol. The van der Waals surface area contributed by atoms with E-state index in [0.717, 1.165) is 37.9 Å². The average Bonchev–Trinajstić information content (AvgIpc) is 3.24. The number of fused-ring (bicyclic) bond motifs is 1. The first-order valence-corrected chi connectivity index (χ1v) is 12.9. The molecule has 1 saturated heterocycles. The van der Waals surface area contributed by atoms with Gasteiger partial charge >= 0.3 is 0 Å². The topological polar surface area (TPSA) is 87.7 Å². The number of hydrogen-bond donors (Lipinski definition) is 2. The number of likely N-dealkylation sites (tertiary alicyclic amines) is 1. The first-order valence-electron chi connectivity index (χ1n) is 11.4. The van der Waals surface area contributed by atoms with Gasteiger partial charge in [-0.15, -0.1) is 0 Å². The van der Waals surface area contributed by atoms with Gasteiger partial charge in [-0.05, 0) is 82.7 Å². The lowest BCUT2D eigenvalue weighted by Crippen LogP contribution is -2.41. The number of benzene rings is 1. The predicted octanol–water partition coefficient (Wildman–Crippen LogP) is 2.61. The van der Waals surface area contributed by atoms with Gasteiger partial charge < -0.3 is 10.1 Å². The molecule has 2 heterocycles. The lowest BCUT2D eigenvalue weighted by molar-refractivity contribution is 0.0936. The Morgan fingerprint density at radius 1 is 1.19 bits per heavy atom. The lowest BCUT2D eigenvalue weighted by atomic mass is 9.99. The van der Waals surface area contributed by atoms with Crippen molar-refractivity contribution < 1.29 is 17.9 Å². The number of carbonyl (C=O) groups excluding carboxylic acids is 1. The Morgan fingerprint density at radius 3 is 2.84 bits per heavy atom. The van der Waals surface area contributed by atoms with E-state index in [1.54, 1.807) is 6.07 Å². The molecule has 31 heavy (non-hydrogen) atoms. The summed E-state index contributed by atoms with van der Waals surface area (Å²) >= 11 is 0. The molecule has 0 saturated carbocycles. The standard InChI is InChI=1S/C23H33N3O4S/c1-24-31(28,29)20-13-18-9-6-12-30-22(18)21(14-20)23(27)25-15-19-10-5-11-26(19)16-17-7-3-2-4-8-17/h7,13-14,19,24H,2-6,8-12,15-16H2,1H3,(H,25,27). The average molecular weight is 448 g/mol. The van der Waals surface area contributed by atoms with Crippen LogP contribution >= 0.6 is 0 Å². The Kier molecular flexibility index (Phi) is 6.99. The fourth-order valence-electron chi connectivity index (χ4n) is 4.84. The van der Waals surface area contributed by atoms with Gasteiger partial charge in [-0.25, -0.2) is 13.1 Å². The second-order valence-corrected chi connectivity index (χ2v) is 10.6. The van der Waals surface area contributed by atoms with Gasteiger partial charge in [0.1, 0.15) is 5.75 Å². The number of sulfonamides is 1. The Hall–Kier alpha value is -1.90. The zero-order valence-corrected chi connectivity index (χ0v) is 19.1. The molecule has 8 heteroatoms. The summed E-state index contributed by atoms with van der Waals surface area (Å²) in [4.78, 5) is 15.7. The first kappa shape index (κ1) is 22.3. The number of aryl methyl sites for hydroxylation is 1. The fraction of sp³-hybridized carbons (Fsp3) is 0.609. The molecule has 2 N–H and O–H groups in total. The van der Waals surface area contributed by atoms with Crippen molar-refractivity contribution in [2.75, 3.05) is 33.3 Å². The number of carbonyl (C=O) groups is 1. The number of rotatable bonds is 7. The number of amides is 1. The van der Waals surface area contributed by atoms with E-state index < -0.39 is 10.0 Å². The highest BCUT2D eigenvalue weighted by molar-refractivity contribution is 7.89. The van der Waals surface area contributed by atoms with Gasteiger partial charge in [0.2, 0.25) is 10.0 Å². The molecule has 4 rings (SSSR count). The number of nitrogens with one attached hydrogen (secondary N) is 2. The monoisotopic (exact) mass is 447 g/mol. The molecule has 0 bridgehead atoms. The van der Waals surface area contributed by atoms with Crippen LogP contribution < -0.4 is 14.8 Å². The zero-order chi connectivity index (χ0) is 21.8. The van der Waals surface area contributed by atoms with E-state index in [4.69, 9.17) is 4.74 Å². The quantitative estimate of drug-likeness (QED) is 0.628. The summed E-state index contributed by atoms with van der Waals surface area (Å²) in [6.45, 7) is 3.15. The van der Waals surface area contributed by atoms with Crippen LogP contribution in [0.2, 0.25) is 0 Å². The SMILES string of the molecule is CNS(=O)(=O)c1cc2c(c(C(=O)NCC3CCCN3CC3=CCCCC3)c1)OCCC2. The van der Waals surface area contributed by atoms with Crippen molar-refractivity contribution in [3.8, 4) is 5.75 Å². The molecule has 1 unspecified atom stereocenters. The Morgan fingerprint density at radius 2 is 2.06 bits per heavy atom. The summed E-state index contributed by atoms with van der Waals surface area (Å²) in [5, 5.41) is 3.06. The maximum absolute atomic E-state index is 13.1. The van der Waals surface area contributed by atoms with E-state index in [1.807, 2.05) is 0 Å². The number of allylic oxidation sites excluding steroid dienone is 1.